The molecule has 0 saturated carbocycles. The summed E-state index contributed by atoms with van der Waals surface area (Å²) in [4.78, 5) is 35.5. The molecule has 22 heavy (non-hydrogen) atoms. The van der Waals surface area contributed by atoms with Crippen LogP contribution in [0, 0.1) is 5.92 Å². The van der Waals surface area contributed by atoms with E-state index in [-0.39, 0.29) is 12.2 Å². The molecule has 1 heterocycles. The van der Waals surface area contributed by atoms with Crippen LogP contribution in [0.2, 0.25) is 0 Å². The maximum Gasteiger partial charge on any atom is 0.329 e. The van der Waals surface area contributed by atoms with E-state index in [0.717, 1.165) is 11.3 Å². The Morgan fingerprint density at radius 2 is 1.91 bits per heavy atom. The van der Waals surface area contributed by atoms with Crippen LogP contribution in [0.5, 0.6) is 5.75 Å². The van der Waals surface area contributed by atoms with E-state index in [1.165, 1.54) is 13.0 Å². The molecule has 2 rings (SSSR count). The Morgan fingerprint density at radius 3 is 2.50 bits per heavy atom. The summed E-state index contributed by atoms with van der Waals surface area (Å²) in [7, 11) is 0. The lowest BCUT2D eigenvalue weighted by Crippen LogP contribution is -2.35. The van der Waals surface area contributed by atoms with E-state index < -0.39 is 23.5 Å². The number of carbonyl (C=O) groups excluding carboxylic acids is 3. The number of allylic oxidation sites excluding steroid dienone is 2. The lowest BCUT2D eigenvalue weighted by molar-refractivity contribution is -0.152. The van der Waals surface area contributed by atoms with E-state index in [1.54, 1.807) is 0 Å². The fraction of sp³-hybridized carbons (Fsp3) is 0.353. The van der Waals surface area contributed by atoms with Gasteiger partial charge in [0.2, 0.25) is 0 Å². The number of ketones is 2. The van der Waals surface area contributed by atoms with Crippen LogP contribution >= 0.6 is 0 Å². The van der Waals surface area contributed by atoms with Crippen molar-refractivity contribution in [3.63, 3.8) is 0 Å². The third-order valence-corrected chi connectivity index (χ3v) is 3.34. The van der Waals surface area contributed by atoms with Gasteiger partial charge in [-0.25, -0.2) is 0 Å². The van der Waals surface area contributed by atoms with Crippen LogP contribution in [0.25, 0.3) is 0 Å². The monoisotopic (exact) mass is 302 g/mol. The summed E-state index contributed by atoms with van der Waals surface area (Å²) in [6.07, 6.45) is 1.78. The largest absolute Gasteiger partial charge is 0.494 e. The fourth-order valence-corrected chi connectivity index (χ4v) is 2.27. The van der Waals surface area contributed by atoms with Gasteiger partial charge in [-0.1, -0.05) is 12.1 Å². The lowest BCUT2D eigenvalue weighted by Gasteiger charge is -2.17. The molecule has 0 bridgehead atoms. The molecule has 1 aliphatic heterocycles. The van der Waals surface area contributed by atoms with Crippen LogP contribution in [0.3, 0.4) is 0 Å². The highest BCUT2D eigenvalue weighted by atomic mass is 16.5. The van der Waals surface area contributed by atoms with Gasteiger partial charge in [0.25, 0.3) is 0 Å². The van der Waals surface area contributed by atoms with Gasteiger partial charge in [0.1, 0.15) is 11.5 Å². The van der Waals surface area contributed by atoms with Crippen molar-refractivity contribution >= 4 is 17.5 Å². The SMILES string of the molecule is CCOc1ccc(CCC(=O)C2C(=O)C=C(C)OC2=O)cc1. The number of cyclic esters (lactones) is 1. The minimum Gasteiger partial charge on any atom is -0.494 e. The van der Waals surface area contributed by atoms with Gasteiger partial charge in [0.15, 0.2) is 17.5 Å². The molecule has 0 spiro atoms. The Balaban J connectivity index is 1.95. The zero-order chi connectivity index (χ0) is 16.1. The molecule has 5 nitrogen and oxygen atoms in total. The average molecular weight is 302 g/mol. The minimum absolute atomic E-state index is 0.117. The topological polar surface area (TPSA) is 69.7 Å². The summed E-state index contributed by atoms with van der Waals surface area (Å²) < 4.78 is 10.2. The lowest BCUT2D eigenvalue weighted by atomic mass is 9.92. The van der Waals surface area contributed by atoms with Crippen molar-refractivity contribution in [1.82, 2.24) is 0 Å². The molecule has 1 aliphatic rings. The normalized spacial score (nSPS) is 17.7. The molecule has 1 unspecified atom stereocenters. The number of rotatable bonds is 6. The number of hydrogen-bond acceptors (Lipinski definition) is 5. The van der Waals surface area contributed by atoms with Gasteiger partial charge in [0.05, 0.1) is 6.61 Å². The van der Waals surface area contributed by atoms with E-state index in [2.05, 4.69) is 0 Å². The Kier molecular flexibility index (Phi) is 5.09. The predicted octanol–water partition coefficient (Wildman–Crippen LogP) is 2.23. The highest BCUT2D eigenvalue weighted by molar-refractivity contribution is 6.22. The summed E-state index contributed by atoms with van der Waals surface area (Å²) in [5.41, 5.74) is 0.945. The number of esters is 1. The first-order valence-corrected chi connectivity index (χ1v) is 7.19. The van der Waals surface area contributed by atoms with E-state index >= 15 is 0 Å². The second kappa shape index (κ2) is 7.02. The first kappa shape index (κ1) is 15.9. The molecular formula is C17H18O5. The van der Waals surface area contributed by atoms with Gasteiger partial charge in [-0.15, -0.1) is 0 Å². The van der Waals surface area contributed by atoms with E-state index in [1.807, 2.05) is 31.2 Å². The molecular weight excluding hydrogens is 284 g/mol. The molecule has 0 amide bonds. The van der Waals surface area contributed by atoms with Gasteiger partial charge < -0.3 is 9.47 Å². The van der Waals surface area contributed by atoms with Crippen LogP contribution in [0.4, 0.5) is 0 Å². The number of carbonyl (C=O) groups is 3. The molecule has 0 aromatic heterocycles. The van der Waals surface area contributed by atoms with E-state index in [0.29, 0.717) is 13.0 Å². The van der Waals surface area contributed by atoms with Crippen LogP contribution in [-0.2, 0) is 25.5 Å². The zero-order valence-electron chi connectivity index (χ0n) is 12.6. The molecule has 1 aromatic rings. The molecule has 5 heteroatoms. The van der Waals surface area contributed by atoms with Gasteiger partial charge in [-0.05, 0) is 38.0 Å². The van der Waals surface area contributed by atoms with Crippen molar-refractivity contribution in [2.45, 2.75) is 26.7 Å². The summed E-state index contributed by atoms with van der Waals surface area (Å²) in [5.74, 6) is -2.00. The van der Waals surface area contributed by atoms with Crippen LogP contribution in [-0.4, -0.2) is 24.1 Å². The van der Waals surface area contributed by atoms with Gasteiger partial charge in [-0.3, -0.25) is 14.4 Å². The van der Waals surface area contributed by atoms with Crippen molar-refractivity contribution in [2.24, 2.45) is 5.92 Å². The third-order valence-electron chi connectivity index (χ3n) is 3.34. The average Bonchev–Trinajstić information content (AvgIpc) is 2.46. The molecule has 0 radical (unpaired) electrons. The van der Waals surface area contributed by atoms with Crippen molar-refractivity contribution < 1.29 is 23.9 Å². The maximum absolute atomic E-state index is 12.1. The molecule has 1 aromatic carbocycles. The summed E-state index contributed by atoms with van der Waals surface area (Å²) in [5, 5.41) is 0. The van der Waals surface area contributed by atoms with Crippen LogP contribution in [0.1, 0.15) is 25.8 Å². The third kappa shape index (κ3) is 3.81. The standard InChI is InChI=1S/C17H18O5/c1-3-21-13-7-4-12(5-8-13)6-9-14(18)16-15(19)10-11(2)22-17(16)20/h4-5,7-8,10,16H,3,6,9H2,1-2H3. The van der Waals surface area contributed by atoms with E-state index in [4.69, 9.17) is 9.47 Å². The Hall–Kier alpha value is -2.43. The first-order chi connectivity index (χ1) is 10.5. The first-order valence-electron chi connectivity index (χ1n) is 7.19. The number of aryl methyl sites for hydroxylation is 1. The molecule has 1 atom stereocenters. The van der Waals surface area contributed by atoms with Crippen molar-refractivity contribution in [1.29, 1.82) is 0 Å². The molecule has 0 N–H and O–H groups in total. The van der Waals surface area contributed by atoms with Gasteiger partial charge in [-0.2, -0.15) is 0 Å². The van der Waals surface area contributed by atoms with Crippen LogP contribution < -0.4 is 4.74 Å². The van der Waals surface area contributed by atoms with Crippen molar-refractivity contribution in [3.05, 3.63) is 41.7 Å². The van der Waals surface area contributed by atoms with Gasteiger partial charge in [0, 0.05) is 12.5 Å². The predicted molar refractivity (Wildman–Crippen MR) is 79.3 cm³/mol. The Bertz CT molecular complexity index is 612. The Labute approximate surface area is 128 Å². The second-order valence-electron chi connectivity index (χ2n) is 5.05. The number of benzene rings is 1. The summed E-state index contributed by atoms with van der Waals surface area (Å²) >= 11 is 0. The number of hydrogen-bond donors (Lipinski definition) is 0. The molecule has 0 saturated heterocycles. The van der Waals surface area contributed by atoms with Crippen LogP contribution in [0.15, 0.2) is 36.1 Å². The number of Topliss-reactive ketones (excluding diaryl/α,β-unsaturated/α-hetero) is 1. The van der Waals surface area contributed by atoms with Crippen molar-refractivity contribution in [3.8, 4) is 5.75 Å². The highest BCUT2D eigenvalue weighted by Crippen LogP contribution is 2.19. The maximum atomic E-state index is 12.1. The molecule has 0 aliphatic carbocycles. The van der Waals surface area contributed by atoms with Crippen molar-refractivity contribution in [2.75, 3.05) is 6.61 Å². The minimum atomic E-state index is -1.31. The molecule has 116 valence electrons. The quantitative estimate of drug-likeness (QED) is 0.595. The zero-order valence-corrected chi connectivity index (χ0v) is 12.6. The highest BCUT2D eigenvalue weighted by Gasteiger charge is 2.36. The molecule has 0 fully saturated rings. The summed E-state index contributed by atoms with van der Waals surface area (Å²) in [6, 6.07) is 7.39. The van der Waals surface area contributed by atoms with Gasteiger partial charge >= 0.3 is 5.97 Å². The Morgan fingerprint density at radius 1 is 1.23 bits per heavy atom. The summed E-state index contributed by atoms with van der Waals surface area (Å²) in [6.45, 7) is 4.01. The second-order valence-corrected chi connectivity index (χ2v) is 5.05. The number of ether oxygens (including phenoxy) is 2. The smallest absolute Gasteiger partial charge is 0.329 e. The fourth-order valence-electron chi connectivity index (χ4n) is 2.27. The van der Waals surface area contributed by atoms with E-state index in [9.17, 15) is 14.4 Å².